The molecule has 3 heterocycles. The molecule has 1 unspecified atom stereocenters. The summed E-state index contributed by atoms with van der Waals surface area (Å²) in [6.45, 7) is 8.38. The third-order valence-corrected chi connectivity index (χ3v) is 5.28. The lowest BCUT2D eigenvalue weighted by Gasteiger charge is -2.37. The van der Waals surface area contributed by atoms with Crippen molar-refractivity contribution in [2.75, 3.05) is 40.0 Å². The van der Waals surface area contributed by atoms with E-state index in [1.54, 1.807) is 7.11 Å². The van der Waals surface area contributed by atoms with Crippen LogP contribution in [0.15, 0.2) is 6.33 Å². The van der Waals surface area contributed by atoms with Crippen molar-refractivity contribution in [2.24, 2.45) is 11.3 Å². The van der Waals surface area contributed by atoms with Crippen molar-refractivity contribution in [3.8, 4) is 0 Å². The molecule has 0 saturated carbocycles. The monoisotopic (exact) mass is 336 g/mol. The van der Waals surface area contributed by atoms with Gasteiger partial charge in [0.2, 0.25) is 5.91 Å². The first kappa shape index (κ1) is 17.4. The van der Waals surface area contributed by atoms with Crippen LogP contribution in [0.25, 0.3) is 0 Å². The molecule has 3 rings (SSSR count). The predicted octanol–water partition coefficient (Wildman–Crippen LogP) is 1.30. The fourth-order valence-electron chi connectivity index (χ4n) is 4.08. The number of amides is 1. The van der Waals surface area contributed by atoms with Gasteiger partial charge >= 0.3 is 0 Å². The summed E-state index contributed by atoms with van der Waals surface area (Å²) in [7, 11) is 1.56. The van der Waals surface area contributed by atoms with Crippen LogP contribution in [0.5, 0.6) is 0 Å². The van der Waals surface area contributed by atoms with E-state index in [1.165, 1.54) is 0 Å². The summed E-state index contributed by atoms with van der Waals surface area (Å²) in [5.41, 5.74) is 0.0451. The first-order chi connectivity index (χ1) is 11.6. The molecule has 0 aromatic carbocycles. The number of carbonyl (C=O) groups excluding carboxylic acids is 1. The molecule has 0 aliphatic carbocycles. The molecule has 2 fully saturated rings. The number of hydrogen-bond donors (Lipinski definition) is 0. The van der Waals surface area contributed by atoms with E-state index in [2.05, 4.69) is 28.6 Å². The zero-order chi connectivity index (χ0) is 17.2. The molecule has 0 bridgehead atoms. The molecule has 1 atom stereocenters. The zero-order valence-electron chi connectivity index (χ0n) is 14.9. The van der Waals surface area contributed by atoms with Crippen LogP contribution in [0, 0.1) is 11.3 Å². The minimum atomic E-state index is 0.0451. The molecule has 2 aliphatic rings. The van der Waals surface area contributed by atoms with E-state index >= 15 is 0 Å². The fourth-order valence-corrected chi connectivity index (χ4v) is 4.08. The van der Waals surface area contributed by atoms with E-state index in [9.17, 15) is 4.79 Å². The fraction of sp³-hybridized carbons (Fsp3) is 0.824. The molecule has 0 N–H and O–H groups in total. The van der Waals surface area contributed by atoms with E-state index in [4.69, 9.17) is 9.47 Å². The minimum absolute atomic E-state index is 0.0451. The van der Waals surface area contributed by atoms with Crippen molar-refractivity contribution >= 4 is 5.91 Å². The van der Waals surface area contributed by atoms with Gasteiger partial charge in [0.05, 0.1) is 0 Å². The van der Waals surface area contributed by atoms with Crippen LogP contribution < -0.4 is 0 Å². The van der Waals surface area contributed by atoms with Gasteiger partial charge in [-0.15, -0.1) is 10.2 Å². The lowest BCUT2D eigenvalue weighted by molar-refractivity contribution is -0.134. The number of methoxy groups -OCH3 is 1. The second-order valence-corrected chi connectivity index (χ2v) is 7.47. The van der Waals surface area contributed by atoms with E-state index < -0.39 is 0 Å². The SMILES string of the molecule is COCC(=O)N1CC(c2nncn2CC(C)C)C2(CCOCC2)C1. The molecule has 1 aromatic rings. The summed E-state index contributed by atoms with van der Waals surface area (Å²) in [4.78, 5) is 14.3. The van der Waals surface area contributed by atoms with E-state index in [1.807, 2.05) is 11.2 Å². The van der Waals surface area contributed by atoms with Crippen LogP contribution in [0.1, 0.15) is 38.4 Å². The van der Waals surface area contributed by atoms with Crippen molar-refractivity contribution in [3.63, 3.8) is 0 Å². The first-order valence-electron chi connectivity index (χ1n) is 8.78. The van der Waals surface area contributed by atoms with Crippen LogP contribution in [0.2, 0.25) is 0 Å². The number of nitrogens with zero attached hydrogens (tertiary/aromatic N) is 4. The van der Waals surface area contributed by atoms with E-state index in [0.717, 1.165) is 45.0 Å². The molecule has 1 amide bonds. The first-order valence-corrected chi connectivity index (χ1v) is 8.78. The van der Waals surface area contributed by atoms with Gasteiger partial charge in [0, 0.05) is 51.3 Å². The minimum Gasteiger partial charge on any atom is -0.381 e. The molecule has 1 aromatic heterocycles. The zero-order valence-corrected chi connectivity index (χ0v) is 14.9. The van der Waals surface area contributed by atoms with Crippen LogP contribution in [-0.4, -0.2) is 65.6 Å². The summed E-state index contributed by atoms with van der Waals surface area (Å²) in [5.74, 6) is 1.81. The third-order valence-electron chi connectivity index (χ3n) is 5.28. The number of hydrogen-bond acceptors (Lipinski definition) is 5. The number of aromatic nitrogens is 3. The van der Waals surface area contributed by atoms with Crippen LogP contribution in [0.3, 0.4) is 0 Å². The largest absolute Gasteiger partial charge is 0.381 e. The van der Waals surface area contributed by atoms with Gasteiger partial charge in [-0.1, -0.05) is 13.8 Å². The lowest BCUT2D eigenvalue weighted by Crippen LogP contribution is -2.38. The Bertz CT molecular complexity index is 566. The summed E-state index contributed by atoms with van der Waals surface area (Å²) in [5, 5.41) is 8.60. The maximum atomic E-state index is 12.4. The molecule has 2 saturated heterocycles. The second-order valence-electron chi connectivity index (χ2n) is 7.47. The van der Waals surface area contributed by atoms with Crippen LogP contribution in [-0.2, 0) is 20.8 Å². The Morgan fingerprint density at radius 2 is 2.21 bits per heavy atom. The van der Waals surface area contributed by atoms with Crippen molar-refractivity contribution in [2.45, 2.75) is 39.2 Å². The molecular formula is C17H28N4O3. The number of rotatable bonds is 5. The Morgan fingerprint density at radius 3 is 2.88 bits per heavy atom. The highest BCUT2D eigenvalue weighted by Crippen LogP contribution is 2.49. The van der Waals surface area contributed by atoms with Gasteiger partial charge in [0.25, 0.3) is 0 Å². The third kappa shape index (κ3) is 3.32. The van der Waals surface area contributed by atoms with E-state index in [0.29, 0.717) is 12.5 Å². The lowest BCUT2D eigenvalue weighted by atomic mass is 9.71. The Hall–Kier alpha value is -1.47. The van der Waals surface area contributed by atoms with Gasteiger partial charge < -0.3 is 18.9 Å². The number of likely N-dealkylation sites (tertiary alicyclic amines) is 1. The molecule has 2 aliphatic heterocycles. The van der Waals surface area contributed by atoms with Crippen LogP contribution in [0.4, 0.5) is 0 Å². The topological polar surface area (TPSA) is 69.5 Å². The number of carbonyl (C=O) groups is 1. The average Bonchev–Trinajstić information content (AvgIpc) is 3.12. The second kappa shape index (κ2) is 7.19. The molecule has 7 heteroatoms. The Morgan fingerprint density at radius 1 is 1.46 bits per heavy atom. The maximum Gasteiger partial charge on any atom is 0.248 e. The summed E-state index contributed by atoms with van der Waals surface area (Å²) >= 11 is 0. The van der Waals surface area contributed by atoms with Gasteiger partial charge in [-0.25, -0.2) is 0 Å². The van der Waals surface area contributed by atoms with Crippen molar-refractivity contribution < 1.29 is 14.3 Å². The highest BCUT2D eigenvalue weighted by molar-refractivity contribution is 5.78. The summed E-state index contributed by atoms with van der Waals surface area (Å²) in [6, 6.07) is 0. The normalized spacial score (nSPS) is 23.3. The quantitative estimate of drug-likeness (QED) is 0.811. The smallest absolute Gasteiger partial charge is 0.248 e. The molecule has 7 nitrogen and oxygen atoms in total. The van der Waals surface area contributed by atoms with Crippen molar-refractivity contribution in [1.82, 2.24) is 19.7 Å². The van der Waals surface area contributed by atoms with Gasteiger partial charge in [0.15, 0.2) is 0 Å². The molecular weight excluding hydrogens is 308 g/mol. The number of ether oxygens (including phenoxy) is 2. The van der Waals surface area contributed by atoms with Gasteiger partial charge in [-0.2, -0.15) is 0 Å². The van der Waals surface area contributed by atoms with Gasteiger partial charge in [-0.05, 0) is 18.8 Å². The Balaban J connectivity index is 1.88. The molecule has 134 valence electrons. The summed E-state index contributed by atoms with van der Waals surface area (Å²) in [6.07, 6.45) is 3.74. The Kier molecular flexibility index (Phi) is 5.20. The highest BCUT2D eigenvalue weighted by atomic mass is 16.5. The maximum absolute atomic E-state index is 12.4. The van der Waals surface area contributed by atoms with Crippen molar-refractivity contribution in [1.29, 1.82) is 0 Å². The Labute approximate surface area is 143 Å². The van der Waals surface area contributed by atoms with Crippen molar-refractivity contribution in [3.05, 3.63) is 12.2 Å². The predicted molar refractivity (Wildman–Crippen MR) is 88.5 cm³/mol. The van der Waals surface area contributed by atoms with Gasteiger partial charge in [0.1, 0.15) is 18.8 Å². The van der Waals surface area contributed by atoms with Crippen LogP contribution >= 0.6 is 0 Å². The average molecular weight is 336 g/mol. The standard InChI is InChI=1S/C17H28N4O3/c1-13(2)8-21-12-18-19-16(21)14-9-20(15(22)10-23-3)11-17(14)4-6-24-7-5-17/h12-14H,4-11H2,1-3H3. The molecule has 24 heavy (non-hydrogen) atoms. The summed E-state index contributed by atoms with van der Waals surface area (Å²) < 4.78 is 12.8. The highest BCUT2D eigenvalue weighted by Gasteiger charge is 2.50. The molecule has 1 spiro atoms. The van der Waals surface area contributed by atoms with E-state index in [-0.39, 0.29) is 23.8 Å². The molecule has 0 radical (unpaired) electrons. The van der Waals surface area contributed by atoms with Gasteiger partial charge in [-0.3, -0.25) is 4.79 Å².